The van der Waals surface area contributed by atoms with Gasteiger partial charge < -0.3 is 9.15 Å². The molecule has 0 bridgehead atoms. The number of hydrogen-bond donors (Lipinski definition) is 0. The van der Waals surface area contributed by atoms with Crippen molar-refractivity contribution in [2.45, 2.75) is 58.8 Å². The van der Waals surface area contributed by atoms with Crippen molar-refractivity contribution in [2.75, 3.05) is 6.61 Å². The van der Waals surface area contributed by atoms with Crippen LogP contribution in [-0.2, 0) is 6.42 Å². The second-order valence-corrected chi connectivity index (χ2v) is 7.20. The molecular formula is C22H26ClNO3. The van der Waals surface area contributed by atoms with Gasteiger partial charge in [-0.3, -0.25) is 4.79 Å². The summed E-state index contributed by atoms with van der Waals surface area (Å²) < 4.78 is 11.9. The van der Waals surface area contributed by atoms with Crippen LogP contribution in [0.15, 0.2) is 33.5 Å². The predicted octanol–water partition coefficient (Wildman–Crippen LogP) is 6.25. The molecule has 1 aliphatic carbocycles. The van der Waals surface area contributed by atoms with E-state index in [-0.39, 0.29) is 16.2 Å². The van der Waals surface area contributed by atoms with Crippen molar-refractivity contribution in [1.82, 2.24) is 4.98 Å². The van der Waals surface area contributed by atoms with Gasteiger partial charge in [0.15, 0.2) is 11.3 Å². The molecule has 2 aliphatic rings. The van der Waals surface area contributed by atoms with Crippen molar-refractivity contribution in [2.24, 2.45) is 0 Å². The number of benzene rings is 2. The van der Waals surface area contributed by atoms with Crippen LogP contribution < -0.4 is 10.2 Å². The summed E-state index contributed by atoms with van der Waals surface area (Å²) in [6.07, 6.45) is 6.85. The Bertz CT molecular complexity index is 935. The third kappa shape index (κ3) is 4.27. The zero-order valence-corrected chi connectivity index (χ0v) is 16.8. The van der Waals surface area contributed by atoms with Gasteiger partial charge in [0, 0.05) is 5.56 Å². The Morgan fingerprint density at radius 1 is 1.07 bits per heavy atom. The van der Waals surface area contributed by atoms with Crippen LogP contribution in [0.25, 0.3) is 22.6 Å². The maximum atomic E-state index is 12.9. The summed E-state index contributed by atoms with van der Waals surface area (Å²) in [7, 11) is 0. The molecule has 0 atom stereocenters. The van der Waals surface area contributed by atoms with Gasteiger partial charge >= 0.3 is 0 Å². The summed E-state index contributed by atoms with van der Waals surface area (Å²) in [5.74, 6) is 0.592. The average Bonchev–Trinajstić information content (AvgIpc) is 2.69. The molecule has 27 heavy (non-hydrogen) atoms. The number of aromatic nitrogens is 1. The molecule has 1 aliphatic heterocycles. The van der Waals surface area contributed by atoms with Crippen LogP contribution in [0.4, 0.5) is 0 Å². The number of para-hydroxylation sites is 2. The number of nitrogens with zero attached hydrogens (tertiary/aromatic N) is 1. The van der Waals surface area contributed by atoms with Crippen LogP contribution in [0.5, 0.6) is 5.75 Å². The molecule has 0 saturated carbocycles. The van der Waals surface area contributed by atoms with E-state index in [1.807, 2.05) is 24.3 Å². The minimum atomic E-state index is -0.298. The molecule has 144 valence electrons. The van der Waals surface area contributed by atoms with E-state index in [1.54, 1.807) is 0 Å². The highest BCUT2D eigenvalue weighted by Gasteiger charge is 2.26. The Morgan fingerprint density at radius 2 is 1.81 bits per heavy atom. The zero-order chi connectivity index (χ0) is 19.2. The van der Waals surface area contributed by atoms with E-state index in [4.69, 9.17) is 25.7 Å². The Kier molecular flexibility index (Phi) is 6.73. The second-order valence-electron chi connectivity index (χ2n) is 6.82. The lowest BCUT2D eigenvalue weighted by atomic mass is 10.0. The van der Waals surface area contributed by atoms with Crippen LogP contribution >= 0.6 is 11.6 Å². The molecular weight excluding hydrogens is 362 g/mol. The molecule has 0 N–H and O–H groups in total. The van der Waals surface area contributed by atoms with Gasteiger partial charge in [0.2, 0.25) is 11.2 Å². The molecule has 0 unspecified atom stereocenters. The average molecular weight is 388 g/mol. The molecule has 0 spiro atoms. The molecule has 5 heteroatoms. The van der Waals surface area contributed by atoms with E-state index < -0.39 is 0 Å². The Morgan fingerprint density at radius 3 is 2.59 bits per heavy atom. The fourth-order valence-electron chi connectivity index (χ4n) is 3.20. The van der Waals surface area contributed by atoms with Gasteiger partial charge in [0.05, 0.1) is 11.6 Å². The summed E-state index contributed by atoms with van der Waals surface area (Å²) in [5, 5.41) is 0.210. The SMILES string of the molecule is CCCCCOc1c2oc3ccccc3nc-2c(CCCCC)c(Cl)c1=O. The van der Waals surface area contributed by atoms with Gasteiger partial charge in [-0.2, -0.15) is 0 Å². The van der Waals surface area contributed by atoms with Crippen molar-refractivity contribution >= 4 is 22.7 Å². The van der Waals surface area contributed by atoms with Gasteiger partial charge in [0.1, 0.15) is 11.2 Å². The van der Waals surface area contributed by atoms with Crippen LogP contribution in [0.1, 0.15) is 57.9 Å². The Hall–Kier alpha value is -2.07. The summed E-state index contributed by atoms with van der Waals surface area (Å²) in [6.45, 7) is 4.74. The number of halogens is 1. The van der Waals surface area contributed by atoms with Gasteiger partial charge in [0.25, 0.3) is 0 Å². The first-order chi connectivity index (χ1) is 13.2. The second kappa shape index (κ2) is 9.23. The first-order valence-corrected chi connectivity index (χ1v) is 10.2. The third-order valence-corrected chi connectivity index (χ3v) is 5.11. The highest BCUT2D eigenvalue weighted by atomic mass is 35.5. The summed E-state index contributed by atoms with van der Waals surface area (Å²) in [6, 6.07) is 7.55. The highest BCUT2D eigenvalue weighted by Crippen LogP contribution is 2.37. The van der Waals surface area contributed by atoms with E-state index >= 15 is 0 Å². The topological polar surface area (TPSA) is 52.3 Å². The van der Waals surface area contributed by atoms with E-state index in [2.05, 4.69) is 13.8 Å². The summed E-state index contributed by atoms with van der Waals surface area (Å²) in [5.41, 5.74) is 2.48. The normalized spacial score (nSPS) is 11.4. The van der Waals surface area contributed by atoms with Gasteiger partial charge in [-0.25, -0.2) is 4.98 Å². The summed E-state index contributed by atoms with van der Waals surface area (Å²) >= 11 is 6.47. The monoisotopic (exact) mass is 387 g/mol. The van der Waals surface area contributed by atoms with Gasteiger partial charge in [-0.15, -0.1) is 0 Å². The molecule has 1 aromatic rings. The van der Waals surface area contributed by atoms with Crippen LogP contribution in [0.3, 0.4) is 0 Å². The quantitative estimate of drug-likeness (QED) is 0.321. The Balaban J connectivity index is 2.13. The number of rotatable bonds is 9. The lowest BCUT2D eigenvalue weighted by molar-refractivity contribution is 0.298. The van der Waals surface area contributed by atoms with Gasteiger partial charge in [-0.05, 0) is 31.4 Å². The largest absolute Gasteiger partial charge is 0.486 e. The molecule has 3 rings (SSSR count). The lowest BCUT2D eigenvalue weighted by Gasteiger charge is -2.17. The minimum Gasteiger partial charge on any atom is -0.486 e. The molecule has 0 radical (unpaired) electrons. The van der Waals surface area contributed by atoms with Crippen molar-refractivity contribution in [3.63, 3.8) is 0 Å². The fraction of sp³-hybridized carbons (Fsp3) is 0.455. The first kappa shape index (κ1) is 19.7. The molecule has 0 aromatic heterocycles. The standard InChI is InChI=1S/C22H26ClNO3/c1-3-5-7-11-15-18(23)20(25)22(26-14-10-6-4-2)21-19(15)24-16-12-8-9-13-17(16)27-21/h8-9,12-13H,3-7,10-11,14H2,1-2H3. The van der Waals surface area contributed by atoms with Crippen molar-refractivity contribution < 1.29 is 9.15 Å². The predicted molar refractivity (Wildman–Crippen MR) is 110 cm³/mol. The Labute approximate surface area is 164 Å². The van der Waals surface area contributed by atoms with E-state index in [9.17, 15) is 4.79 Å². The molecule has 0 fully saturated rings. The third-order valence-electron chi connectivity index (χ3n) is 4.71. The van der Waals surface area contributed by atoms with Crippen LogP contribution in [-0.4, -0.2) is 11.6 Å². The molecule has 1 heterocycles. The maximum Gasteiger partial charge on any atom is 0.243 e. The number of ether oxygens (including phenoxy) is 1. The number of fused-ring (bicyclic) bond motifs is 2. The minimum absolute atomic E-state index is 0.184. The zero-order valence-electron chi connectivity index (χ0n) is 16.0. The smallest absolute Gasteiger partial charge is 0.243 e. The van der Waals surface area contributed by atoms with E-state index in [0.29, 0.717) is 30.1 Å². The number of hydrogen-bond acceptors (Lipinski definition) is 4. The van der Waals surface area contributed by atoms with Crippen molar-refractivity contribution in [1.29, 1.82) is 0 Å². The van der Waals surface area contributed by atoms with E-state index in [1.165, 1.54) is 0 Å². The number of unbranched alkanes of at least 4 members (excludes halogenated alkanes) is 4. The fourth-order valence-corrected chi connectivity index (χ4v) is 3.47. The van der Waals surface area contributed by atoms with E-state index in [0.717, 1.165) is 49.6 Å². The summed E-state index contributed by atoms with van der Waals surface area (Å²) in [4.78, 5) is 17.7. The van der Waals surface area contributed by atoms with Crippen molar-refractivity contribution in [3.05, 3.63) is 45.1 Å². The molecule has 4 nitrogen and oxygen atoms in total. The van der Waals surface area contributed by atoms with Gasteiger partial charge in [-0.1, -0.05) is 63.3 Å². The van der Waals surface area contributed by atoms with Crippen molar-refractivity contribution in [3.8, 4) is 17.2 Å². The molecule has 0 amide bonds. The molecule has 1 aromatic carbocycles. The first-order valence-electron chi connectivity index (χ1n) is 9.84. The molecule has 0 saturated heterocycles. The van der Waals surface area contributed by atoms with Crippen LogP contribution in [0.2, 0.25) is 5.02 Å². The van der Waals surface area contributed by atoms with Crippen LogP contribution in [0, 0.1) is 0 Å². The lowest BCUT2D eigenvalue weighted by Crippen LogP contribution is -2.15. The highest BCUT2D eigenvalue weighted by molar-refractivity contribution is 6.32. The maximum absolute atomic E-state index is 12.9.